The predicted octanol–water partition coefficient (Wildman–Crippen LogP) is 4.05. The van der Waals surface area contributed by atoms with Gasteiger partial charge in [0, 0.05) is 55.0 Å². The third-order valence-corrected chi connectivity index (χ3v) is 7.94. The number of hydrogen-bond donors (Lipinski definition) is 3. The number of amides is 3. The lowest BCUT2D eigenvalue weighted by Crippen LogP contribution is -2.49. The number of methoxy groups -OCH3 is 1. The molecule has 3 amide bonds. The molecule has 1 heterocycles. The number of benzene rings is 3. The van der Waals surface area contributed by atoms with Crippen molar-refractivity contribution in [2.24, 2.45) is 5.73 Å². The Balaban J connectivity index is 1.33. The molecular weight excluding hydrogens is 537 g/mol. The van der Waals surface area contributed by atoms with Crippen molar-refractivity contribution in [3.8, 4) is 5.75 Å². The van der Waals surface area contributed by atoms with Crippen LogP contribution in [0.3, 0.4) is 0 Å². The summed E-state index contributed by atoms with van der Waals surface area (Å²) in [7, 11) is 1.57. The Bertz CT molecular complexity index is 1430. The summed E-state index contributed by atoms with van der Waals surface area (Å²) in [5.41, 5.74) is 8.50. The predicted molar refractivity (Wildman–Crippen MR) is 160 cm³/mol. The van der Waals surface area contributed by atoms with E-state index >= 15 is 0 Å². The highest BCUT2D eigenvalue weighted by molar-refractivity contribution is 6.07. The first-order valence-corrected chi connectivity index (χ1v) is 14.3. The third-order valence-electron chi connectivity index (χ3n) is 7.94. The molecule has 0 aromatic heterocycles. The van der Waals surface area contributed by atoms with Crippen molar-refractivity contribution >= 4 is 29.1 Å². The summed E-state index contributed by atoms with van der Waals surface area (Å²) < 4.78 is 18.7. The van der Waals surface area contributed by atoms with E-state index in [4.69, 9.17) is 10.5 Å². The Morgan fingerprint density at radius 1 is 0.833 bits per heavy atom. The van der Waals surface area contributed by atoms with Crippen molar-refractivity contribution in [3.05, 3.63) is 89.2 Å². The monoisotopic (exact) mass is 573 g/mol. The van der Waals surface area contributed by atoms with Crippen molar-refractivity contribution in [3.63, 3.8) is 0 Å². The lowest BCUT2D eigenvalue weighted by Gasteiger charge is -2.37. The number of nitrogens with two attached hydrogens (primary N) is 1. The van der Waals surface area contributed by atoms with Crippen LogP contribution in [0.1, 0.15) is 56.8 Å². The fourth-order valence-corrected chi connectivity index (χ4v) is 5.47. The van der Waals surface area contributed by atoms with Crippen molar-refractivity contribution in [2.75, 3.05) is 43.5 Å². The number of piperazine rings is 1. The second-order valence-corrected chi connectivity index (χ2v) is 10.8. The van der Waals surface area contributed by atoms with Crippen LogP contribution >= 0.6 is 0 Å². The van der Waals surface area contributed by atoms with Crippen LogP contribution in [0.4, 0.5) is 15.8 Å². The molecule has 1 aliphatic carbocycles. The molecule has 3 aromatic rings. The second-order valence-electron chi connectivity index (χ2n) is 10.8. The molecule has 2 aliphatic rings. The van der Waals surface area contributed by atoms with Crippen LogP contribution in [0.5, 0.6) is 5.75 Å². The molecular formula is C32H36FN5O4. The smallest absolute Gasteiger partial charge is 0.255 e. The fourth-order valence-electron chi connectivity index (χ4n) is 5.47. The molecule has 0 atom stereocenters. The second kappa shape index (κ2) is 13.0. The molecule has 9 nitrogen and oxygen atoms in total. The summed E-state index contributed by atoms with van der Waals surface area (Å²) in [6, 6.07) is 17.9. The standard InChI is InChI=1S/C32H36FN5O4/c1-42-27-4-2-3-23(19-27)32(41)38-17-15-37(16-18-38)29-14-7-22(31(40)35-26-12-10-25(34)11-13-26)20-28(29)36-30(39)21-5-8-24(33)9-6-21/h2-9,14,19-20,25-26H,10-13,15-18,34H2,1H3,(H,35,40)(H,36,39). The largest absolute Gasteiger partial charge is 0.497 e. The maximum absolute atomic E-state index is 13.5. The number of carbonyl (C=O) groups excluding carboxylic acids is 3. The van der Waals surface area contributed by atoms with Gasteiger partial charge in [0.1, 0.15) is 11.6 Å². The molecule has 0 spiro atoms. The molecule has 3 aromatic carbocycles. The third kappa shape index (κ3) is 6.88. The number of ether oxygens (including phenoxy) is 1. The number of anilines is 2. The highest BCUT2D eigenvalue weighted by Gasteiger charge is 2.26. The van der Waals surface area contributed by atoms with Crippen molar-refractivity contribution in [1.82, 2.24) is 10.2 Å². The molecule has 1 aliphatic heterocycles. The van der Waals surface area contributed by atoms with Gasteiger partial charge in [0.15, 0.2) is 0 Å². The fraction of sp³-hybridized carbons (Fsp3) is 0.344. The topological polar surface area (TPSA) is 117 Å². The minimum absolute atomic E-state index is 0.0597. The summed E-state index contributed by atoms with van der Waals surface area (Å²) in [6.45, 7) is 2.02. The van der Waals surface area contributed by atoms with Gasteiger partial charge in [-0.05, 0) is 86.3 Å². The van der Waals surface area contributed by atoms with Crippen LogP contribution in [0, 0.1) is 5.82 Å². The number of hydrogen-bond acceptors (Lipinski definition) is 6. The van der Waals surface area contributed by atoms with Crippen LogP contribution in [0.2, 0.25) is 0 Å². The maximum Gasteiger partial charge on any atom is 0.255 e. The van der Waals surface area contributed by atoms with Gasteiger partial charge in [0.25, 0.3) is 17.7 Å². The SMILES string of the molecule is COc1cccc(C(=O)N2CCN(c3ccc(C(=O)NC4CCC(N)CC4)cc3NC(=O)c3ccc(F)cc3)CC2)c1. The van der Waals surface area contributed by atoms with E-state index in [-0.39, 0.29) is 23.9 Å². The first-order chi connectivity index (χ1) is 20.3. The first kappa shape index (κ1) is 29.1. The normalized spacial score (nSPS) is 18.7. The minimum atomic E-state index is -0.434. The zero-order valence-electron chi connectivity index (χ0n) is 23.6. The van der Waals surface area contributed by atoms with Crippen LogP contribution in [0.15, 0.2) is 66.7 Å². The molecule has 4 N–H and O–H groups in total. The Labute approximate surface area is 244 Å². The van der Waals surface area contributed by atoms with Crippen molar-refractivity contribution in [2.45, 2.75) is 37.8 Å². The molecule has 1 saturated heterocycles. The maximum atomic E-state index is 13.5. The van der Waals surface area contributed by atoms with Crippen LogP contribution in [-0.2, 0) is 0 Å². The van der Waals surface area contributed by atoms with E-state index in [0.29, 0.717) is 54.3 Å². The van der Waals surface area contributed by atoms with Crippen LogP contribution in [0.25, 0.3) is 0 Å². The quantitative estimate of drug-likeness (QED) is 0.393. The van der Waals surface area contributed by atoms with Crippen molar-refractivity contribution in [1.29, 1.82) is 0 Å². The number of nitrogens with one attached hydrogen (secondary N) is 2. The van der Waals surface area contributed by atoms with E-state index < -0.39 is 11.7 Å². The van der Waals surface area contributed by atoms with Crippen molar-refractivity contribution < 1.29 is 23.5 Å². The molecule has 10 heteroatoms. The van der Waals surface area contributed by atoms with Gasteiger partial charge in [-0.25, -0.2) is 4.39 Å². The molecule has 5 rings (SSSR count). The number of nitrogens with zero attached hydrogens (tertiary/aromatic N) is 2. The lowest BCUT2D eigenvalue weighted by molar-refractivity contribution is 0.0746. The van der Waals surface area contributed by atoms with Gasteiger partial charge in [-0.3, -0.25) is 14.4 Å². The summed E-state index contributed by atoms with van der Waals surface area (Å²) in [6.07, 6.45) is 3.40. The zero-order chi connectivity index (χ0) is 29.6. The Kier molecular flexibility index (Phi) is 9.02. The Morgan fingerprint density at radius 2 is 1.52 bits per heavy atom. The van der Waals surface area contributed by atoms with E-state index in [0.717, 1.165) is 31.4 Å². The van der Waals surface area contributed by atoms with Crippen LogP contribution < -0.4 is 26.0 Å². The molecule has 220 valence electrons. The van der Waals surface area contributed by atoms with Crippen LogP contribution in [-0.4, -0.2) is 68.0 Å². The van der Waals surface area contributed by atoms with Gasteiger partial charge in [-0.2, -0.15) is 0 Å². The molecule has 42 heavy (non-hydrogen) atoms. The van der Waals surface area contributed by atoms with E-state index in [2.05, 4.69) is 15.5 Å². The van der Waals surface area contributed by atoms with Gasteiger partial charge >= 0.3 is 0 Å². The van der Waals surface area contributed by atoms with Gasteiger partial charge in [-0.15, -0.1) is 0 Å². The Hall–Kier alpha value is -4.44. The molecule has 2 fully saturated rings. The summed E-state index contributed by atoms with van der Waals surface area (Å²) in [5, 5.41) is 6.03. The van der Waals surface area contributed by atoms with E-state index in [1.54, 1.807) is 48.4 Å². The number of carbonyl (C=O) groups is 3. The average Bonchev–Trinajstić information content (AvgIpc) is 3.02. The van der Waals surface area contributed by atoms with Gasteiger partial charge in [-0.1, -0.05) is 6.07 Å². The zero-order valence-corrected chi connectivity index (χ0v) is 23.6. The van der Waals surface area contributed by atoms with Gasteiger partial charge < -0.3 is 30.9 Å². The summed E-state index contributed by atoms with van der Waals surface area (Å²) in [4.78, 5) is 43.3. The molecule has 0 unspecified atom stereocenters. The molecule has 0 bridgehead atoms. The minimum Gasteiger partial charge on any atom is -0.497 e. The lowest BCUT2D eigenvalue weighted by atomic mass is 9.91. The highest BCUT2D eigenvalue weighted by Crippen LogP contribution is 2.30. The number of halogens is 1. The first-order valence-electron chi connectivity index (χ1n) is 14.3. The number of rotatable bonds is 7. The highest BCUT2D eigenvalue weighted by atomic mass is 19.1. The van der Waals surface area contributed by atoms with E-state index in [9.17, 15) is 18.8 Å². The summed E-state index contributed by atoms with van der Waals surface area (Å²) >= 11 is 0. The Morgan fingerprint density at radius 3 is 2.21 bits per heavy atom. The average molecular weight is 574 g/mol. The van der Waals surface area contributed by atoms with Gasteiger partial charge in [0.05, 0.1) is 18.5 Å². The van der Waals surface area contributed by atoms with E-state index in [1.165, 1.54) is 24.3 Å². The van der Waals surface area contributed by atoms with E-state index in [1.807, 2.05) is 6.07 Å². The molecule has 0 radical (unpaired) electrons. The summed E-state index contributed by atoms with van der Waals surface area (Å²) in [5.74, 6) is -0.517. The van der Waals surface area contributed by atoms with Gasteiger partial charge in [0.2, 0.25) is 0 Å². The molecule has 1 saturated carbocycles.